The number of hydrogen-bond donors (Lipinski definition) is 1. The van der Waals surface area contributed by atoms with Crippen LogP contribution in [0.5, 0.6) is 0 Å². The second-order valence-corrected chi connectivity index (χ2v) is 7.90. The summed E-state index contributed by atoms with van der Waals surface area (Å²) in [6, 6.07) is 16.2. The molecular formula is C22H22N2O2S. The Morgan fingerprint density at radius 1 is 1.15 bits per heavy atom. The van der Waals surface area contributed by atoms with E-state index in [4.69, 9.17) is 0 Å². The molecule has 4 rings (SSSR count). The standard InChI is InChI=1S/C22H22N2O2S/c1-15-18-10-12-27-20(18)9-11-24(15)22(26)14-23-21(25)13-17-7-4-6-16-5-2-3-8-19(16)17/h2-8,10,12,15H,9,11,13-14H2,1H3,(H,23,25)/t15-/m0/s1. The smallest absolute Gasteiger partial charge is 0.242 e. The average Bonchev–Trinajstić information content (AvgIpc) is 3.16. The van der Waals surface area contributed by atoms with Crippen LogP contribution in [-0.2, 0) is 22.4 Å². The SMILES string of the molecule is C[C@H]1c2ccsc2CCN1C(=O)CNC(=O)Cc1cccc2ccccc12. The number of carbonyl (C=O) groups is 2. The Labute approximate surface area is 162 Å². The molecule has 0 aliphatic carbocycles. The third kappa shape index (κ3) is 3.60. The molecule has 1 aliphatic rings. The van der Waals surface area contributed by atoms with Crippen LogP contribution in [0.15, 0.2) is 53.9 Å². The van der Waals surface area contributed by atoms with E-state index in [9.17, 15) is 9.59 Å². The highest BCUT2D eigenvalue weighted by Crippen LogP contribution is 2.32. The molecule has 2 amide bonds. The van der Waals surface area contributed by atoms with Crippen molar-refractivity contribution in [1.29, 1.82) is 0 Å². The number of nitrogens with zero attached hydrogens (tertiary/aromatic N) is 1. The number of nitrogens with one attached hydrogen (secondary N) is 1. The zero-order valence-corrected chi connectivity index (χ0v) is 16.1. The Bertz CT molecular complexity index is 989. The Morgan fingerprint density at radius 2 is 1.96 bits per heavy atom. The second kappa shape index (κ2) is 7.53. The monoisotopic (exact) mass is 378 g/mol. The Balaban J connectivity index is 1.37. The number of carbonyl (C=O) groups excluding carboxylic acids is 2. The summed E-state index contributed by atoms with van der Waals surface area (Å²) in [6.07, 6.45) is 1.17. The lowest BCUT2D eigenvalue weighted by molar-refractivity contribution is -0.134. The molecule has 0 saturated carbocycles. The normalized spacial score (nSPS) is 16.2. The molecule has 0 fully saturated rings. The van der Waals surface area contributed by atoms with Gasteiger partial charge < -0.3 is 10.2 Å². The summed E-state index contributed by atoms with van der Waals surface area (Å²) in [4.78, 5) is 28.3. The fourth-order valence-electron chi connectivity index (χ4n) is 3.81. The molecule has 138 valence electrons. The largest absolute Gasteiger partial charge is 0.347 e. The van der Waals surface area contributed by atoms with Gasteiger partial charge in [-0.15, -0.1) is 11.3 Å². The maximum Gasteiger partial charge on any atom is 0.242 e. The van der Waals surface area contributed by atoms with E-state index in [0.29, 0.717) is 6.54 Å². The molecule has 0 bridgehead atoms. The lowest BCUT2D eigenvalue weighted by atomic mass is 10.0. The number of hydrogen-bond acceptors (Lipinski definition) is 3. The summed E-state index contributed by atoms with van der Waals surface area (Å²) in [5, 5.41) is 7.09. The highest BCUT2D eigenvalue weighted by Gasteiger charge is 2.28. The van der Waals surface area contributed by atoms with E-state index in [0.717, 1.165) is 22.8 Å². The molecule has 5 heteroatoms. The molecular weight excluding hydrogens is 356 g/mol. The van der Waals surface area contributed by atoms with Gasteiger partial charge >= 0.3 is 0 Å². The molecule has 3 aromatic rings. The van der Waals surface area contributed by atoms with Gasteiger partial charge in [0, 0.05) is 11.4 Å². The van der Waals surface area contributed by atoms with E-state index in [1.165, 1.54) is 10.4 Å². The predicted molar refractivity (Wildman–Crippen MR) is 109 cm³/mol. The maximum atomic E-state index is 12.6. The number of fused-ring (bicyclic) bond motifs is 2. The van der Waals surface area contributed by atoms with E-state index in [2.05, 4.69) is 23.7 Å². The predicted octanol–water partition coefficient (Wildman–Crippen LogP) is 3.71. The number of benzene rings is 2. The molecule has 27 heavy (non-hydrogen) atoms. The van der Waals surface area contributed by atoms with E-state index in [1.54, 1.807) is 11.3 Å². The molecule has 1 N–H and O–H groups in total. The summed E-state index contributed by atoms with van der Waals surface area (Å²) in [7, 11) is 0. The molecule has 1 aliphatic heterocycles. The van der Waals surface area contributed by atoms with Crippen LogP contribution in [-0.4, -0.2) is 29.8 Å². The first-order valence-electron chi connectivity index (χ1n) is 9.22. The van der Waals surface area contributed by atoms with Crippen molar-refractivity contribution in [3.63, 3.8) is 0 Å². The van der Waals surface area contributed by atoms with E-state index >= 15 is 0 Å². The van der Waals surface area contributed by atoms with Gasteiger partial charge in [0.25, 0.3) is 0 Å². The molecule has 0 radical (unpaired) electrons. The molecule has 4 nitrogen and oxygen atoms in total. The third-order valence-electron chi connectivity index (χ3n) is 5.27. The lowest BCUT2D eigenvalue weighted by Gasteiger charge is -2.33. The van der Waals surface area contributed by atoms with Crippen molar-refractivity contribution in [1.82, 2.24) is 10.2 Å². The quantitative estimate of drug-likeness (QED) is 0.752. The van der Waals surface area contributed by atoms with Crippen LogP contribution in [0.3, 0.4) is 0 Å². The highest BCUT2D eigenvalue weighted by molar-refractivity contribution is 7.10. The van der Waals surface area contributed by atoms with Crippen LogP contribution in [0.2, 0.25) is 0 Å². The third-order valence-corrected chi connectivity index (χ3v) is 6.26. The first-order valence-corrected chi connectivity index (χ1v) is 10.1. The van der Waals surface area contributed by atoms with Gasteiger partial charge in [-0.25, -0.2) is 0 Å². The Morgan fingerprint density at radius 3 is 2.85 bits per heavy atom. The van der Waals surface area contributed by atoms with Crippen molar-refractivity contribution < 1.29 is 9.59 Å². The van der Waals surface area contributed by atoms with Crippen molar-refractivity contribution in [3.05, 3.63) is 69.9 Å². The minimum absolute atomic E-state index is 0.0226. The number of amides is 2. The van der Waals surface area contributed by atoms with E-state index < -0.39 is 0 Å². The fraction of sp³-hybridized carbons (Fsp3) is 0.273. The van der Waals surface area contributed by atoms with Gasteiger partial charge in [0.05, 0.1) is 19.0 Å². The Kier molecular flexibility index (Phi) is 4.94. The summed E-state index contributed by atoms with van der Waals surface area (Å²) in [5.41, 5.74) is 2.22. The van der Waals surface area contributed by atoms with E-state index in [-0.39, 0.29) is 30.8 Å². The molecule has 0 spiro atoms. The molecule has 1 aromatic heterocycles. The van der Waals surface area contributed by atoms with Crippen molar-refractivity contribution in [2.45, 2.75) is 25.8 Å². The van der Waals surface area contributed by atoms with Gasteiger partial charge in [0.2, 0.25) is 11.8 Å². The van der Waals surface area contributed by atoms with Crippen molar-refractivity contribution >= 4 is 33.9 Å². The van der Waals surface area contributed by atoms with Crippen molar-refractivity contribution in [2.24, 2.45) is 0 Å². The topological polar surface area (TPSA) is 49.4 Å². The van der Waals surface area contributed by atoms with Gasteiger partial charge in [-0.2, -0.15) is 0 Å². The van der Waals surface area contributed by atoms with Crippen LogP contribution < -0.4 is 5.32 Å². The van der Waals surface area contributed by atoms with Gasteiger partial charge in [0.1, 0.15) is 0 Å². The van der Waals surface area contributed by atoms with Crippen LogP contribution >= 0.6 is 11.3 Å². The van der Waals surface area contributed by atoms with Gasteiger partial charge in [-0.05, 0) is 46.7 Å². The molecule has 0 unspecified atom stereocenters. The maximum absolute atomic E-state index is 12.6. The zero-order chi connectivity index (χ0) is 18.8. The average molecular weight is 378 g/mol. The van der Waals surface area contributed by atoms with Crippen LogP contribution in [0, 0.1) is 0 Å². The zero-order valence-electron chi connectivity index (χ0n) is 15.3. The summed E-state index contributed by atoms with van der Waals surface area (Å²) in [6.45, 7) is 2.82. The van der Waals surface area contributed by atoms with Gasteiger partial charge in [-0.3, -0.25) is 9.59 Å². The summed E-state index contributed by atoms with van der Waals surface area (Å²) in [5.74, 6) is -0.147. The van der Waals surface area contributed by atoms with Gasteiger partial charge in [0.15, 0.2) is 0 Å². The summed E-state index contributed by atoms with van der Waals surface area (Å²) >= 11 is 1.76. The second-order valence-electron chi connectivity index (χ2n) is 6.90. The first kappa shape index (κ1) is 17.7. The minimum atomic E-state index is -0.124. The number of rotatable bonds is 4. The highest BCUT2D eigenvalue weighted by atomic mass is 32.1. The minimum Gasteiger partial charge on any atom is -0.347 e. The fourth-order valence-corrected chi connectivity index (χ4v) is 4.77. The van der Waals surface area contributed by atoms with Crippen molar-refractivity contribution in [3.8, 4) is 0 Å². The lowest BCUT2D eigenvalue weighted by Crippen LogP contribution is -2.44. The van der Waals surface area contributed by atoms with Crippen LogP contribution in [0.25, 0.3) is 10.8 Å². The van der Waals surface area contributed by atoms with E-state index in [1.807, 2.05) is 47.4 Å². The van der Waals surface area contributed by atoms with Crippen LogP contribution in [0.4, 0.5) is 0 Å². The molecule has 2 aromatic carbocycles. The molecule has 1 atom stereocenters. The van der Waals surface area contributed by atoms with Gasteiger partial charge in [-0.1, -0.05) is 42.5 Å². The number of thiophene rings is 1. The molecule has 0 saturated heterocycles. The molecule has 2 heterocycles. The first-order chi connectivity index (χ1) is 13.1. The summed E-state index contributed by atoms with van der Waals surface area (Å²) < 4.78 is 0. The van der Waals surface area contributed by atoms with Crippen LogP contribution in [0.1, 0.15) is 29.0 Å². The Hall–Kier alpha value is -2.66. The van der Waals surface area contributed by atoms with Crippen molar-refractivity contribution in [2.75, 3.05) is 13.1 Å².